The molecule has 0 radical (unpaired) electrons. The average molecular weight is 372 g/mol. The van der Waals surface area contributed by atoms with E-state index in [9.17, 15) is 13.6 Å². The number of hydrogen-bond acceptors (Lipinski definition) is 4. The van der Waals surface area contributed by atoms with Gasteiger partial charge in [0.1, 0.15) is 12.3 Å². The summed E-state index contributed by atoms with van der Waals surface area (Å²) in [4.78, 5) is 17.9. The van der Waals surface area contributed by atoms with Crippen LogP contribution in [0.3, 0.4) is 0 Å². The molecule has 1 aromatic rings. The first-order chi connectivity index (χ1) is 12.5. The minimum atomic E-state index is -2.84. The number of methoxy groups -OCH3 is 1. The van der Waals surface area contributed by atoms with Crippen LogP contribution in [0.5, 0.6) is 5.75 Å². The number of alkyl halides is 2. The zero-order chi connectivity index (χ0) is 19.4. The Morgan fingerprint density at radius 1 is 1.27 bits per heavy atom. The molecule has 0 aromatic heterocycles. The number of carbonyl (C=O) groups excluding carboxylic acids is 1. The number of halogens is 2. The smallest absolute Gasteiger partial charge is 0.387 e. The third kappa shape index (κ3) is 8.61. The van der Waals surface area contributed by atoms with Crippen molar-refractivity contribution in [3.05, 3.63) is 29.8 Å². The van der Waals surface area contributed by atoms with Gasteiger partial charge >= 0.3 is 6.61 Å². The summed E-state index contributed by atoms with van der Waals surface area (Å²) in [6, 6.07) is 6.38. The second-order valence-electron chi connectivity index (χ2n) is 5.39. The molecule has 1 amide bonds. The molecule has 26 heavy (non-hydrogen) atoms. The average Bonchev–Trinajstić information content (AvgIpc) is 2.60. The summed E-state index contributed by atoms with van der Waals surface area (Å²) in [5, 5.41) is 5.81. The van der Waals surface area contributed by atoms with Crippen molar-refractivity contribution >= 4 is 11.9 Å². The molecule has 0 unspecified atom stereocenters. The minimum Gasteiger partial charge on any atom is -0.435 e. The van der Waals surface area contributed by atoms with Crippen LogP contribution in [0, 0.1) is 0 Å². The fourth-order valence-corrected chi connectivity index (χ4v) is 2.09. The van der Waals surface area contributed by atoms with Crippen LogP contribution in [0.4, 0.5) is 8.78 Å². The van der Waals surface area contributed by atoms with Gasteiger partial charge in [-0.1, -0.05) is 12.1 Å². The van der Waals surface area contributed by atoms with Gasteiger partial charge in [0.25, 0.3) is 0 Å². The fourth-order valence-electron chi connectivity index (χ4n) is 2.09. The predicted molar refractivity (Wildman–Crippen MR) is 95.4 cm³/mol. The van der Waals surface area contributed by atoms with E-state index in [-0.39, 0.29) is 18.2 Å². The van der Waals surface area contributed by atoms with Crippen LogP contribution in [0.15, 0.2) is 29.3 Å². The Morgan fingerprint density at radius 2 is 1.96 bits per heavy atom. The summed E-state index contributed by atoms with van der Waals surface area (Å²) in [5.41, 5.74) is 0.893. The second kappa shape index (κ2) is 12.0. The van der Waals surface area contributed by atoms with Crippen LogP contribution < -0.4 is 15.4 Å². The van der Waals surface area contributed by atoms with Crippen LogP contribution in [0.1, 0.15) is 12.5 Å². The molecule has 1 rings (SSSR count). The van der Waals surface area contributed by atoms with Crippen molar-refractivity contribution in [2.45, 2.75) is 20.1 Å². The molecule has 0 fully saturated rings. The molecular formula is C17H26F2N4O3. The van der Waals surface area contributed by atoms with Gasteiger partial charge in [0, 0.05) is 33.8 Å². The first kappa shape index (κ1) is 21.6. The Hall–Kier alpha value is -2.42. The molecule has 146 valence electrons. The van der Waals surface area contributed by atoms with Crippen molar-refractivity contribution in [3.63, 3.8) is 0 Å². The van der Waals surface area contributed by atoms with Crippen LogP contribution in [0.2, 0.25) is 0 Å². The number of hydrogen-bond donors (Lipinski definition) is 2. The Kier molecular flexibility index (Phi) is 9.99. The van der Waals surface area contributed by atoms with Gasteiger partial charge in [-0.2, -0.15) is 8.78 Å². The van der Waals surface area contributed by atoms with Crippen molar-refractivity contribution in [2.75, 3.05) is 40.4 Å². The number of benzene rings is 1. The topological polar surface area (TPSA) is 75.2 Å². The van der Waals surface area contributed by atoms with E-state index in [2.05, 4.69) is 20.4 Å². The monoisotopic (exact) mass is 372 g/mol. The molecule has 0 spiro atoms. The fraction of sp³-hybridized carbons (Fsp3) is 0.529. The molecule has 1 aromatic carbocycles. The molecule has 0 aliphatic rings. The third-order valence-corrected chi connectivity index (χ3v) is 3.27. The van der Waals surface area contributed by atoms with Crippen molar-refractivity contribution in [2.24, 2.45) is 4.99 Å². The first-order valence-electron chi connectivity index (χ1n) is 8.25. The maximum atomic E-state index is 12.2. The normalized spacial score (nSPS) is 11.4. The highest BCUT2D eigenvalue weighted by Crippen LogP contribution is 2.15. The molecule has 9 heteroatoms. The van der Waals surface area contributed by atoms with Crippen LogP contribution >= 0.6 is 0 Å². The predicted octanol–water partition coefficient (Wildman–Crippen LogP) is 1.45. The van der Waals surface area contributed by atoms with E-state index in [1.54, 1.807) is 19.2 Å². The molecule has 0 bridgehead atoms. The van der Waals surface area contributed by atoms with Crippen molar-refractivity contribution < 1.29 is 23.0 Å². The Bertz CT molecular complexity index is 568. The van der Waals surface area contributed by atoms with Crippen LogP contribution in [0.25, 0.3) is 0 Å². The third-order valence-electron chi connectivity index (χ3n) is 3.27. The van der Waals surface area contributed by atoms with Crippen molar-refractivity contribution in [1.82, 2.24) is 15.5 Å². The summed E-state index contributed by atoms with van der Waals surface area (Å²) in [5.74, 6) is 0.487. The first-order valence-corrected chi connectivity index (χ1v) is 8.25. The lowest BCUT2D eigenvalue weighted by Crippen LogP contribution is -2.39. The number of nitrogens with zero attached hydrogens (tertiary/aromatic N) is 2. The molecule has 2 N–H and O–H groups in total. The zero-order valence-corrected chi connectivity index (χ0v) is 15.3. The molecular weight excluding hydrogens is 346 g/mol. The molecule has 0 aliphatic heterocycles. The van der Waals surface area contributed by atoms with Gasteiger partial charge in [0.2, 0.25) is 5.91 Å². The summed E-state index contributed by atoms with van der Waals surface area (Å²) >= 11 is 0. The van der Waals surface area contributed by atoms with Gasteiger partial charge < -0.3 is 25.0 Å². The van der Waals surface area contributed by atoms with Crippen LogP contribution in [-0.4, -0.2) is 63.8 Å². The second-order valence-corrected chi connectivity index (χ2v) is 5.39. The summed E-state index contributed by atoms with van der Waals surface area (Å²) in [6.45, 7) is 1.11. The SMILES string of the molecule is CCNC(=NCC(=O)NCCOC)N(C)Cc1ccc(OC(F)F)cc1. The highest BCUT2D eigenvalue weighted by molar-refractivity contribution is 5.84. The van der Waals surface area contributed by atoms with Gasteiger partial charge in [-0.15, -0.1) is 0 Å². The van der Waals surface area contributed by atoms with Gasteiger partial charge in [-0.25, -0.2) is 4.99 Å². The van der Waals surface area contributed by atoms with E-state index in [0.717, 1.165) is 5.56 Å². The molecule has 0 atom stereocenters. The van der Waals surface area contributed by atoms with E-state index in [0.29, 0.717) is 32.2 Å². The number of aliphatic imine (C=N–C) groups is 1. The summed E-state index contributed by atoms with van der Waals surface area (Å²) in [7, 11) is 3.39. The van der Waals surface area contributed by atoms with E-state index in [1.807, 2.05) is 18.9 Å². The van der Waals surface area contributed by atoms with E-state index < -0.39 is 6.61 Å². The number of carbonyl (C=O) groups is 1. The van der Waals surface area contributed by atoms with E-state index in [1.165, 1.54) is 12.1 Å². The number of nitrogens with one attached hydrogen (secondary N) is 2. The molecule has 0 saturated heterocycles. The molecule has 0 heterocycles. The molecule has 0 saturated carbocycles. The number of guanidine groups is 1. The number of rotatable bonds is 10. The van der Waals surface area contributed by atoms with Gasteiger partial charge in [0.15, 0.2) is 5.96 Å². The highest BCUT2D eigenvalue weighted by Gasteiger charge is 2.09. The lowest BCUT2D eigenvalue weighted by Gasteiger charge is -2.22. The Balaban J connectivity index is 2.62. The van der Waals surface area contributed by atoms with Gasteiger partial charge in [-0.05, 0) is 24.6 Å². The lowest BCUT2D eigenvalue weighted by atomic mass is 10.2. The summed E-state index contributed by atoms with van der Waals surface area (Å²) in [6.07, 6.45) is 0. The standard InChI is InChI=1S/C17H26F2N4O3/c1-4-20-17(22-11-15(24)21-9-10-25-3)23(2)12-13-5-7-14(8-6-13)26-16(18)19/h5-8,16H,4,9-12H2,1-3H3,(H,20,22)(H,21,24). The van der Waals surface area contributed by atoms with Crippen molar-refractivity contribution in [3.8, 4) is 5.75 Å². The van der Waals surface area contributed by atoms with Gasteiger partial charge in [0.05, 0.1) is 6.61 Å². The van der Waals surface area contributed by atoms with E-state index >= 15 is 0 Å². The lowest BCUT2D eigenvalue weighted by molar-refractivity contribution is -0.119. The maximum Gasteiger partial charge on any atom is 0.387 e. The molecule has 0 aliphatic carbocycles. The quantitative estimate of drug-likeness (QED) is 0.369. The zero-order valence-electron chi connectivity index (χ0n) is 15.3. The van der Waals surface area contributed by atoms with Crippen molar-refractivity contribution in [1.29, 1.82) is 0 Å². The Morgan fingerprint density at radius 3 is 2.54 bits per heavy atom. The number of amides is 1. The van der Waals surface area contributed by atoms with Crippen LogP contribution in [-0.2, 0) is 16.1 Å². The maximum absolute atomic E-state index is 12.2. The molecule has 7 nitrogen and oxygen atoms in total. The summed E-state index contributed by atoms with van der Waals surface area (Å²) < 4.78 is 33.5. The number of ether oxygens (including phenoxy) is 2. The van der Waals surface area contributed by atoms with Gasteiger partial charge in [-0.3, -0.25) is 4.79 Å². The minimum absolute atomic E-state index is 0.00243. The Labute approximate surface area is 152 Å². The van der Waals surface area contributed by atoms with E-state index in [4.69, 9.17) is 4.74 Å². The largest absolute Gasteiger partial charge is 0.435 e. The highest BCUT2D eigenvalue weighted by atomic mass is 19.3.